The second-order valence-corrected chi connectivity index (χ2v) is 9.60. The first-order valence-electron chi connectivity index (χ1n) is 12.3. The van der Waals surface area contributed by atoms with Crippen LogP contribution in [0.3, 0.4) is 0 Å². The average Bonchev–Trinajstić information content (AvgIpc) is 2.66. The highest BCUT2D eigenvalue weighted by Gasteiger charge is 2.22. The van der Waals surface area contributed by atoms with Gasteiger partial charge in [0.25, 0.3) is 0 Å². The van der Waals surface area contributed by atoms with Crippen molar-refractivity contribution in [2.24, 2.45) is 0 Å². The van der Waals surface area contributed by atoms with Crippen LogP contribution in [-0.4, -0.2) is 18.3 Å². The van der Waals surface area contributed by atoms with Gasteiger partial charge < -0.3 is 13.6 Å². The van der Waals surface area contributed by atoms with Crippen LogP contribution in [0.25, 0.3) is 0 Å². The second kappa shape index (κ2) is 20.6. The second-order valence-electron chi connectivity index (χ2n) is 8.52. The molecule has 0 radical (unpaired) electrons. The highest BCUT2D eigenvalue weighted by Crippen LogP contribution is 2.45. The minimum atomic E-state index is -1.25. The first kappa shape index (κ1) is 28.3. The maximum absolute atomic E-state index is 6.25. The Hall–Kier alpha value is 0.310. The Balaban J connectivity index is 4.38. The highest BCUT2D eigenvalue weighted by molar-refractivity contribution is 7.41. The minimum Gasteiger partial charge on any atom is -0.309 e. The highest BCUT2D eigenvalue weighted by atomic mass is 31.2. The van der Waals surface area contributed by atoms with Gasteiger partial charge in [-0.2, -0.15) is 0 Å². The SMILES string of the molecule is CCCCCC[C@@H](C)OP(O[C@@H](C)CCCCCC)O[C@@H](C)CCCCCC. The monoisotopic (exact) mass is 418 g/mol. The van der Waals surface area contributed by atoms with Crippen LogP contribution in [0.15, 0.2) is 0 Å². The van der Waals surface area contributed by atoms with Crippen molar-refractivity contribution in [3.05, 3.63) is 0 Å². The van der Waals surface area contributed by atoms with Gasteiger partial charge in [-0.05, 0) is 40.0 Å². The summed E-state index contributed by atoms with van der Waals surface area (Å²) in [5, 5.41) is 0. The predicted molar refractivity (Wildman–Crippen MR) is 125 cm³/mol. The zero-order valence-corrected chi connectivity index (χ0v) is 20.9. The third-order valence-electron chi connectivity index (χ3n) is 5.19. The molecule has 0 aromatic rings. The zero-order valence-electron chi connectivity index (χ0n) is 20.0. The van der Waals surface area contributed by atoms with Gasteiger partial charge in [-0.1, -0.05) is 97.8 Å². The molecule has 0 saturated heterocycles. The molecule has 0 aromatic carbocycles. The number of hydrogen-bond acceptors (Lipinski definition) is 3. The third-order valence-corrected chi connectivity index (χ3v) is 6.79. The van der Waals surface area contributed by atoms with E-state index >= 15 is 0 Å². The van der Waals surface area contributed by atoms with Gasteiger partial charge in [0.1, 0.15) is 0 Å². The number of hydrogen-bond donors (Lipinski definition) is 0. The summed E-state index contributed by atoms with van der Waals surface area (Å²) in [7, 11) is -1.25. The van der Waals surface area contributed by atoms with Gasteiger partial charge in [-0.25, -0.2) is 0 Å². The molecule has 4 heteroatoms. The van der Waals surface area contributed by atoms with Crippen molar-refractivity contribution in [2.75, 3.05) is 0 Å². The van der Waals surface area contributed by atoms with E-state index < -0.39 is 8.60 Å². The van der Waals surface area contributed by atoms with E-state index in [-0.39, 0.29) is 18.3 Å². The van der Waals surface area contributed by atoms with Crippen LogP contribution in [-0.2, 0) is 13.6 Å². The molecular weight excluding hydrogens is 367 g/mol. The van der Waals surface area contributed by atoms with Crippen LogP contribution in [0.5, 0.6) is 0 Å². The Morgan fingerprint density at radius 2 is 0.750 bits per heavy atom. The third kappa shape index (κ3) is 18.3. The first-order valence-corrected chi connectivity index (χ1v) is 13.4. The molecule has 3 atom stereocenters. The molecule has 0 aromatic heterocycles. The number of rotatable bonds is 21. The summed E-state index contributed by atoms with van der Waals surface area (Å²) in [6.45, 7) is 13.3. The largest absolute Gasteiger partial charge is 0.333 e. The van der Waals surface area contributed by atoms with Crippen LogP contribution in [0.2, 0.25) is 0 Å². The Bertz CT molecular complexity index is 267. The quantitative estimate of drug-likeness (QED) is 0.137. The Labute approximate surface area is 178 Å². The molecule has 0 N–H and O–H groups in total. The lowest BCUT2D eigenvalue weighted by Gasteiger charge is -2.26. The molecule has 0 amide bonds. The van der Waals surface area contributed by atoms with E-state index in [0.29, 0.717) is 0 Å². The van der Waals surface area contributed by atoms with Gasteiger partial charge in [-0.15, -0.1) is 0 Å². The molecule has 0 spiro atoms. The van der Waals surface area contributed by atoms with E-state index in [2.05, 4.69) is 41.5 Å². The summed E-state index contributed by atoms with van der Waals surface area (Å²) in [6.07, 6.45) is 19.3. The fourth-order valence-electron chi connectivity index (χ4n) is 3.25. The lowest BCUT2D eigenvalue weighted by atomic mass is 10.1. The van der Waals surface area contributed by atoms with Crippen LogP contribution >= 0.6 is 8.60 Å². The number of unbranched alkanes of at least 4 members (excludes halogenated alkanes) is 9. The molecule has 28 heavy (non-hydrogen) atoms. The lowest BCUT2D eigenvalue weighted by Crippen LogP contribution is -2.15. The Morgan fingerprint density at radius 3 is 1.00 bits per heavy atom. The van der Waals surface area contributed by atoms with Crippen molar-refractivity contribution in [1.82, 2.24) is 0 Å². The van der Waals surface area contributed by atoms with Crippen molar-refractivity contribution in [3.8, 4) is 0 Å². The lowest BCUT2D eigenvalue weighted by molar-refractivity contribution is 0.0703. The van der Waals surface area contributed by atoms with Crippen LogP contribution in [0.4, 0.5) is 0 Å². The summed E-state index contributed by atoms with van der Waals surface area (Å²) in [4.78, 5) is 0. The smallest absolute Gasteiger partial charge is 0.309 e. The standard InChI is InChI=1S/C24H51O3P/c1-7-10-13-16-19-22(4)25-28(26-23(5)20-17-14-11-8-2)27-24(6)21-18-15-12-9-3/h22-24H,7-21H2,1-6H3/t22-,23-,24+/m0/s1. The van der Waals surface area contributed by atoms with Crippen LogP contribution < -0.4 is 0 Å². The van der Waals surface area contributed by atoms with Crippen molar-refractivity contribution in [2.45, 2.75) is 156 Å². The first-order chi connectivity index (χ1) is 13.5. The maximum atomic E-state index is 6.25. The summed E-state index contributed by atoms with van der Waals surface area (Å²) < 4.78 is 18.7. The molecule has 0 aliphatic heterocycles. The van der Waals surface area contributed by atoms with E-state index in [4.69, 9.17) is 13.6 Å². The molecule has 0 unspecified atom stereocenters. The Morgan fingerprint density at radius 1 is 0.464 bits per heavy atom. The van der Waals surface area contributed by atoms with Gasteiger partial charge in [0.05, 0.1) is 18.3 Å². The van der Waals surface area contributed by atoms with E-state index in [1.807, 2.05) is 0 Å². The van der Waals surface area contributed by atoms with Gasteiger partial charge >= 0.3 is 8.60 Å². The maximum Gasteiger partial charge on any atom is 0.333 e. The van der Waals surface area contributed by atoms with Gasteiger partial charge in [-0.3, -0.25) is 0 Å². The van der Waals surface area contributed by atoms with E-state index in [0.717, 1.165) is 19.3 Å². The molecule has 0 aliphatic carbocycles. The Kier molecular flexibility index (Phi) is 20.8. The summed E-state index contributed by atoms with van der Waals surface area (Å²) >= 11 is 0. The molecule has 0 bridgehead atoms. The van der Waals surface area contributed by atoms with Gasteiger partial charge in [0.2, 0.25) is 0 Å². The van der Waals surface area contributed by atoms with Gasteiger partial charge in [0.15, 0.2) is 0 Å². The van der Waals surface area contributed by atoms with Crippen molar-refractivity contribution in [3.63, 3.8) is 0 Å². The van der Waals surface area contributed by atoms with Crippen molar-refractivity contribution in [1.29, 1.82) is 0 Å². The molecule has 0 aliphatic rings. The van der Waals surface area contributed by atoms with E-state index in [9.17, 15) is 0 Å². The van der Waals surface area contributed by atoms with Crippen LogP contribution in [0.1, 0.15) is 138 Å². The van der Waals surface area contributed by atoms with E-state index in [1.165, 1.54) is 77.0 Å². The minimum absolute atomic E-state index is 0.211. The predicted octanol–water partition coefficient (Wildman–Crippen LogP) is 9.34. The molecule has 170 valence electrons. The molecular formula is C24H51O3P. The van der Waals surface area contributed by atoms with E-state index in [1.54, 1.807) is 0 Å². The summed E-state index contributed by atoms with van der Waals surface area (Å²) in [5.41, 5.74) is 0. The summed E-state index contributed by atoms with van der Waals surface area (Å²) in [6, 6.07) is 0. The van der Waals surface area contributed by atoms with Crippen molar-refractivity contribution < 1.29 is 13.6 Å². The summed E-state index contributed by atoms with van der Waals surface area (Å²) in [5.74, 6) is 0. The fraction of sp³-hybridized carbons (Fsp3) is 1.00. The average molecular weight is 419 g/mol. The molecule has 0 rings (SSSR count). The normalized spacial score (nSPS) is 15.1. The zero-order chi connectivity index (χ0) is 21.0. The fourth-order valence-corrected chi connectivity index (χ4v) is 4.60. The van der Waals surface area contributed by atoms with Crippen molar-refractivity contribution >= 4 is 8.60 Å². The van der Waals surface area contributed by atoms with Crippen LogP contribution in [0, 0.1) is 0 Å². The molecule has 0 heterocycles. The molecule has 0 fully saturated rings. The van der Waals surface area contributed by atoms with Gasteiger partial charge in [0, 0.05) is 0 Å². The molecule has 3 nitrogen and oxygen atoms in total. The topological polar surface area (TPSA) is 27.7 Å². The molecule has 0 saturated carbocycles.